The molecule has 0 radical (unpaired) electrons. The van der Waals surface area contributed by atoms with Gasteiger partial charge >= 0.3 is 0 Å². The predicted octanol–water partition coefficient (Wildman–Crippen LogP) is 2.25. The summed E-state index contributed by atoms with van der Waals surface area (Å²) in [6, 6.07) is 4.07. The second-order valence-electron chi connectivity index (χ2n) is 4.91. The molecule has 0 aromatic carbocycles. The number of ketones is 1. The Morgan fingerprint density at radius 2 is 2.11 bits per heavy atom. The summed E-state index contributed by atoms with van der Waals surface area (Å²) in [4.78, 5) is 14.3. The first-order chi connectivity index (χ1) is 8.48. The second kappa shape index (κ2) is 5.53. The van der Waals surface area contributed by atoms with E-state index in [-0.39, 0.29) is 23.2 Å². The van der Waals surface area contributed by atoms with Crippen LogP contribution in [0, 0.1) is 5.92 Å². The minimum Gasteiger partial charge on any atom is -0.299 e. The molecule has 2 rings (SSSR count). The van der Waals surface area contributed by atoms with Crippen LogP contribution in [0.4, 0.5) is 0 Å². The Balaban J connectivity index is 1.86. The van der Waals surface area contributed by atoms with Crippen molar-refractivity contribution in [3.8, 4) is 0 Å². The predicted molar refractivity (Wildman–Crippen MR) is 73.8 cm³/mol. The minimum absolute atomic E-state index is 0.0492. The summed E-state index contributed by atoms with van der Waals surface area (Å²) in [6.07, 6.45) is 2.53. The second-order valence-corrected chi connectivity index (χ2v) is 8.39. The summed E-state index contributed by atoms with van der Waals surface area (Å²) in [7, 11) is -2.86. The van der Waals surface area contributed by atoms with Gasteiger partial charge in [-0.05, 0) is 30.9 Å². The van der Waals surface area contributed by atoms with Crippen LogP contribution in [0.3, 0.4) is 0 Å². The van der Waals surface area contributed by atoms with Gasteiger partial charge in [-0.3, -0.25) is 4.79 Å². The molecule has 1 aliphatic heterocycles. The van der Waals surface area contributed by atoms with Crippen LogP contribution < -0.4 is 0 Å². The number of rotatable bonds is 5. The molecule has 1 aromatic rings. The molecule has 2 heterocycles. The third-order valence-corrected chi connectivity index (χ3v) is 6.35. The van der Waals surface area contributed by atoms with Crippen LogP contribution in [-0.4, -0.2) is 25.7 Å². The lowest BCUT2D eigenvalue weighted by Crippen LogP contribution is -2.11. The summed E-state index contributed by atoms with van der Waals surface area (Å²) >= 11 is 1.68. The van der Waals surface area contributed by atoms with Crippen LogP contribution in [0.25, 0.3) is 0 Å². The van der Waals surface area contributed by atoms with E-state index in [1.165, 1.54) is 4.88 Å². The molecule has 100 valence electrons. The van der Waals surface area contributed by atoms with E-state index in [4.69, 9.17) is 0 Å². The zero-order chi connectivity index (χ0) is 13.2. The SMILES string of the molecule is CCc1ccc(CC(=O)CC2CCS(=O)(=O)C2)s1. The van der Waals surface area contributed by atoms with Gasteiger partial charge in [-0.25, -0.2) is 8.42 Å². The Labute approximate surface area is 112 Å². The quantitative estimate of drug-likeness (QED) is 0.834. The molecule has 0 saturated carbocycles. The Bertz CT molecular complexity index is 528. The Morgan fingerprint density at radius 3 is 2.67 bits per heavy atom. The van der Waals surface area contributed by atoms with Crippen LogP contribution >= 0.6 is 11.3 Å². The van der Waals surface area contributed by atoms with Gasteiger partial charge < -0.3 is 0 Å². The first-order valence-electron chi connectivity index (χ1n) is 6.28. The maximum absolute atomic E-state index is 11.9. The van der Waals surface area contributed by atoms with Crippen molar-refractivity contribution in [2.24, 2.45) is 5.92 Å². The highest BCUT2D eigenvalue weighted by Gasteiger charge is 2.29. The van der Waals surface area contributed by atoms with Gasteiger partial charge in [0, 0.05) is 22.6 Å². The van der Waals surface area contributed by atoms with Crippen molar-refractivity contribution < 1.29 is 13.2 Å². The van der Waals surface area contributed by atoms with E-state index in [1.807, 2.05) is 6.07 Å². The molecule has 5 heteroatoms. The highest BCUT2D eigenvalue weighted by molar-refractivity contribution is 7.91. The molecule has 1 aliphatic rings. The number of thiophene rings is 1. The number of Topliss-reactive ketones (excluding diaryl/α,β-unsaturated/α-hetero) is 1. The third kappa shape index (κ3) is 3.65. The molecule has 0 amide bonds. The molecule has 1 aromatic heterocycles. The standard InChI is InChI=1S/C13H18O3S2/c1-2-12-3-4-13(17-12)8-11(14)7-10-5-6-18(15,16)9-10/h3-4,10H,2,5-9H2,1H3. The molecule has 0 bridgehead atoms. The molecule has 1 fully saturated rings. The lowest BCUT2D eigenvalue weighted by atomic mass is 10.0. The van der Waals surface area contributed by atoms with E-state index in [0.717, 1.165) is 11.3 Å². The lowest BCUT2D eigenvalue weighted by molar-refractivity contribution is -0.119. The molecule has 0 spiro atoms. The molecule has 1 atom stereocenters. The average molecular weight is 286 g/mol. The monoisotopic (exact) mass is 286 g/mol. The van der Waals surface area contributed by atoms with Gasteiger partial charge in [0.15, 0.2) is 9.84 Å². The van der Waals surface area contributed by atoms with Gasteiger partial charge in [-0.2, -0.15) is 0 Å². The summed E-state index contributed by atoms with van der Waals surface area (Å²) in [6.45, 7) is 2.10. The van der Waals surface area contributed by atoms with E-state index in [2.05, 4.69) is 13.0 Å². The highest BCUT2D eigenvalue weighted by atomic mass is 32.2. The van der Waals surface area contributed by atoms with Crippen LogP contribution in [-0.2, 0) is 27.5 Å². The Hall–Kier alpha value is -0.680. The zero-order valence-electron chi connectivity index (χ0n) is 10.5. The normalized spacial score (nSPS) is 22.2. The summed E-state index contributed by atoms with van der Waals surface area (Å²) < 4.78 is 22.6. The van der Waals surface area contributed by atoms with Gasteiger partial charge in [0.2, 0.25) is 0 Å². The molecular weight excluding hydrogens is 268 g/mol. The molecule has 18 heavy (non-hydrogen) atoms. The zero-order valence-corrected chi connectivity index (χ0v) is 12.1. The number of carbonyl (C=O) groups excluding carboxylic acids is 1. The maximum Gasteiger partial charge on any atom is 0.150 e. The summed E-state index contributed by atoms with van der Waals surface area (Å²) in [5, 5.41) is 0. The molecule has 1 saturated heterocycles. The third-order valence-electron chi connectivity index (χ3n) is 3.28. The van der Waals surface area contributed by atoms with Crippen molar-refractivity contribution in [2.45, 2.75) is 32.6 Å². The topological polar surface area (TPSA) is 51.2 Å². The lowest BCUT2D eigenvalue weighted by Gasteiger charge is -2.05. The maximum atomic E-state index is 11.9. The first-order valence-corrected chi connectivity index (χ1v) is 8.92. The van der Waals surface area contributed by atoms with Crippen molar-refractivity contribution in [1.82, 2.24) is 0 Å². The molecule has 3 nitrogen and oxygen atoms in total. The molecule has 0 N–H and O–H groups in total. The van der Waals surface area contributed by atoms with Gasteiger partial charge in [0.1, 0.15) is 5.78 Å². The van der Waals surface area contributed by atoms with E-state index in [1.54, 1.807) is 11.3 Å². The number of carbonyl (C=O) groups is 1. The van der Waals surface area contributed by atoms with E-state index in [0.29, 0.717) is 19.3 Å². The molecular formula is C13H18O3S2. The summed E-state index contributed by atoms with van der Waals surface area (Å²) in [5.41, 5.74) is 0. The molecule has 1 unspecified atom stereocenters. The van der Waals surface area contributed by atoms with E-state index >= 15 is 0 Å². The Kier molecular flexibility index (Phi) is 4.22. The van der Waals surface area contributed by atoms with Crippen LogP contribution in [0.1, 0.15) is 29.5 Å². The number of sulfone groups is 1. The van der Waals surface area contributed by atoms with Crippen LogP contribution in [0.5, 0.6) is 0 Å². The fourth-order valence-electron chi connectivity index (χ4n) is 2.33. The largest absolute Gasteiger partial charge is 0.299 e. The van der Waals surface area contributed by atoms with Crippen LogP contribution in [0.2, 0.25) is 0 Å². The Morgan fingerprint density at radius 1 is 1.39 bits per heavy atom. The highest BCUT2D eigenvalue weighted by Crippen LogP contribution is 2.24. The van der Waals surface area contributed by atoms with Crippen molar-refractivity contribution >= 4 is 27.0 Å². The first kappa shape index (κ1) is 13.7. The van der Waals surface area contributed by atoms with Crippen molar-refractivity contribution in [1.29, 1.82) is 0 Å². The minimum atomic E-state index is -2.86. The van der Waals surface area contributed by atoms with Gasteiger partial charge in [-0.15, -0.1) is 11.3 Å². The van der Waals surface area contributed by atoms with Crippen LogP contribution in [0.15, 0.2) is 12.1 Å². The smallest absolute Gasteiger partial charge is 0.150 e. The molecule has 0 aliphatic carbocycles. The van der Waals surface area contributed by atoms with Gasteiger partial charge in [0.25, 0.3) is 0 Å². The van der Waals surface area contributed by atoms with Gasteiger partial charge in [0.05, 0.1) is 11.5 Å². The fourth-order valence-corrected chi connectivity index (χ4v) is 5.18. The van der Waals surface area contributed by atoms with E-state index < -0.39 is 9.84 Å². The van der Waals surface area contributed by atoms with Gasteiger partial charge in [-0.1, -0.05) is 6.92 Å². The fraction of sp³-hybridized carbons (Fsp3) is 0.615. The number of hydrogen-bond acceptors (Lipinski definition) is 4. The summed E-state index contributed by atoms with van der Waals surface area (Å²) in [5.74, 6) is 0.669. The van der Waals surface area contributed by atoms with Crippen molar-refractivity contribution in [3.63, 3.8) is 0 Å². The van der Waals surface area contributed by atoms with E-state index in [9.17, 15) is 13.2 Å². The van der Waals surface area contributed by atoms with Crippen molar-refractivity contribution in [3.05, 3.63) is 21.9 Å². The number of aryl methyl sites for hydroxylation is 1. The average Bonchev–Trinajstić information content (AvgIpc) is 2.85. The van der Waals surface area contributed by atoms with Crippen molar-refractivity contribution in [2.75, 3.05) is 11.5 Å². The number of hydrogen-bond donors (Lipinski definition) is 0.